The van der Waals surface area contributed by atoms with Gasteiger partial charge in [-0.25, -0.2) is 9.78 Å². The lowest BCUT2D eigenvalue weighted by molar-refractivity contribution is 0.0476. The summed E-state index contributed by atoms with van der Waals surface area (Å²) in [5.41, 5.74) is 4.02. The third-order valence-corrected chi connectivity index (χ3v) is 5.79. The predicted octanol–water partition coefficient (Wildman–Crippen LogP) is 6.40. The van der Waals surface area contributed by atoms with Crippen molar-refractivity contribution in [3.8, 4) is 11.3 Å². The third kappa shape index (κ3) is 3.99. The van der Waals surface area contributed by atoms with Crippen molar-refractivity contribution in [1.29, 1.82) is 0 Å². The van der Waals surface area contributed by atoms with E-state index in [0.29, 0.717) is 22.0 Å². The molecule has 0 N–H and O–H groups in total. The maximum absolute atomic E-state index is 13.2. The van der Waals surface area contributed by atoms with Crippen LogP contribution in [0.1, 0.15) is 26.3 Å². The lowest BCUT2D eigenvalue weighted by Crippen LogP contribution is -2.16. The molecule has 33 heavy (non-hydrogen) atoms. The Hall–Kier alpha value is -4.31. The molecule has 5 rings (SSSR count). The van der Waals surface area contributed by atoms with Crippen molar-refractivity contribution in [2.75, 3.05) is 6.61 Å². The van der Waals surface area contributed by atoms with Crippen LogP contribution >= 0.6 is 0 Å². The Morgan fingerprint density at radius 2 is 1.48 bits per heavy atom. The SMILES string of the molecule is Cc1c(-c2ccccc2)nc2ccccc2c1C(=O)OCC(=O)c1ccc2ccccc2c1. The molecule has 0 fully saturated rings. The molecule has 0 amide bonds. The van der Waals surface area contributed by atoms with Crippen LogP contribution in [0.4, 0.5) is 0 Å². The number of ketones is 1. The van der Waals surface area contributed by atoms with E-state index in [0.717, 1.165) is 27.6 Å². The Labute approximate surface area is 191 Å². The maximum atomic E-state index is 13.2. The van der Waals surface area contributed by atoms with E-state index in [1.165, 1.54) is 0 Å². The van der Waals surface area contributed by atoms with Gasteiger partial charge in [0.1, 0.15) is 0 Å². The highest BCUT2D eigenvalue weighted by Crippen LogP contribution is 2.30. The molecule has 5 aromatic rings. The Morgan fingerprint density at radius 3 is 2.30 bits per heavy atom. The number of pyridine rings is 1. The van der Waals surface area contributed by atoms with Crippen molar-refractivity contribution in [3.05, 3.63) is 114 Å². The van der Waals surface area contributed by atoms with Gasteiger partial charge >= 0.3 is 5.97 Å². The summed E-state index contributed by atoms with van der Waals surface area (Å²) < 4.78 is 5.52. The lowest BCUT2D eigenvalue weighted by atomic mass is 9.98. The molecule has 0 radical (unpaired) electrons. The van der Waals surface area contributed by atoms with E-state index in [1.54, 1.807) is 6.07 Å². The number of hydrogen-bond acceptors (Lipinski definition) is 4. The van der Waals surface area contributed by atoms with Gasteiger partial charge in [-0.15, -0.1) is 0 Å². The van der Waals surface area contributed by atoms with Crippen LogP contribution in [-0.2, 0) is 4.74 Å². The van der Waals surface area contributed by atoms with Gasteiger partial charge < -0.3 is 4.74 Å². The fourth-order valence-corrected chi connectivity index (χ4v) is 4.10. The summed E-state index contributed by atoms with van der Waals surface area (Å²) in [6.07, 6.45) is 0. The Balaban J connectivity index is 1.46. The molecule has 4 nitrogen and oxygen atoms in total. The fraction of sp³-hybridized carbons (Fsp3) is 0.0690. The minimum atomic E-state index is -0.530. The van der Waals surface area contributed by atoms with Crippen molar-refractivity contribution < 1.29 is 14.3 Å². The number of carbonyl (C=O) groups excluding carboxylic acids is 2. The molecule has 0 bridgehead atoms. The second-order valence-electron chi connectivity index (χ2n) is 7.90. The number of Topliss-reactive ketones (excluding diaryl/α,β-unsaturated/α-hetero) is 1. The number of hydrogen-bond donors (Lipinski definition) is 0. The van der Waals surface area contributed by atoms with Gasteiger partial charge in [-0.1, -0.05) is 84.9 Å². The summed E-state index contributed by atoms with van der Waals surface area (Å²) in [5.74, 6) is -0.772. The van der Waals surface area contributed by atoms with Gasteiger partial charge in [0, 0.05) is 16.5 Å². The summed E-state index contributed by atoms with van der Waals surface area (Å²) in [6.45, 7) is 1.54. The number of rotatable bonds is 5. The van der Waals surface area contributed by atoms with E-state index >= 15 is 0 Å². The summed E-state index contributed by atoms with van der Waals surface area (Å²) in [7, 11) is 0. The first kappa shape index (κ1) is 20.6. The van der Waals surface area contributed by atoms with Crippen molar-refractivity contribution in [2.45, 2.75) is 6.92 Å². The second kappa shape index (κ2) is 8.67. The van der Waals surface area contributed by atoms with Crippen LogP contribution in [0.2, 0.25) is 0 Å². The van der Waals surface area contributed by atoms with Crippen molar-refractivity contribution in [2.24, 2.45) is 0 Å². The number of benzene rings is 4. The number of carbonyl (C=O) groups is 2. The number of aromatic nitrogens is 1. The van der Waals surface area contributed by atoms with Crippen LogP contribution in [0.25, 0.3) is 32.9 Å². The summed E-state index contributed by atoms with van der Waals surface area (Å²) in [6, 6.07) is 30.5. The monoisotopic (exact) mass is 431 g/mol. The summed E-state index contributed by atoms with van der Waals surface area (Å²) in [4.78, 5) is 30.8. The standard InChI is InChI=1S/C29H21NO3/c1-19-27(24-13-7-8-14-25(24)30-28(19)21-10-3-2-4-11-21)29(32)33-18-26(31)23-16-15-20-9-5-6-12-22(20)17-23/h2-17H,18H2,1H3. The van der Waals surface area contributed by atoms with E-state index in [4.69, 9.17) is 9.72 Å². The highest BCUT2D eigenvalue weighted by atomic mass is 16.5. The molecule has 0 aliphatic rings. The highest BCUT2D eigenvalue weighted by Gasteiger charge is 2.21. The molecular weight excluding hydrogens is 410 g/mol. The van der Waals surface area contributed by atoms with Gasteiger partial charge in [0.15, 0.2) is 12.4 Å². The molecule has 0 unspecified atom stereocenters. The molecule has 1 aromatic heterocycles. The molecule has 4 heteroatoms. The van der Waals surface area contributed by atoms with Crippen LogP contribution in [0.5, 0.6) is 0 Å². The second-order valence-corrected chi connectivity index (χ2v) is 7.90. The van der Waals surface area contributed by atoms with Crippen LogP contribution in [0.15, 0.2) is 97.1 Å². The van der Waals surface area contributed by atoms with Crippen LogP contribution in [-0.4, -0.2) is 23.3 Å². The normalized spacial score (nSPS) is 10.9. The molecule has 0 saturated heterocycles. The largest absolute Gasteiger partial charge is 0.454 e. The van der Waals surface area contributed by atoms with Crippen molar-refractivity contribution >= 4 is 33.4 Å². The Morgan fingerprint density at radius 1 is 0.788 bits per heavy atom. The van der Waals surface area contributed by atoms with Gasteiger partial charge in [0.25, 0.3) is 0 Å². The van der Waals surface area contributed by atoms with Gasteiger partial charge in [0.2, 0.25) is 0 Å². The Bertz CT molecular complexity index is 1510. The maximum Gasteiger partial charge on any atom is 0.339 e. The first-order valence-electron chi connectivity index (χ1n) is 10.8. The van der Waals surface area contributed by atoms with Gasteiger partial charge in [-0.2, -0.15) is 0 Å². The number of fused-ring (bicyclic) bond motifs is 2. The Kier molecular flexibility index (Phi) is 5.41. The van der Waals surface area contributed by atoms with Crippen LogP contribution in [0.3, 0.4) is 0 Å². The number of nitrogens with zero attached hydrogens (tertiary/aromatic N) is 1. The van der Waals surface area contributed by atoms with Gasteiger partial charge in [-0.3, -0.25) is 4.79 Å². The van der Waals surface area contributed by atoms with E-state index in [-0.39, 0.29) is 12.4 Å². The van der Waals surface area contributed by atoms with Gasteiger partial charge in [-0.05, 0) is 35.4 Å². The molecule has 0 saturated carbocycles. The molecular formula is C29H21NO3. The van der Waals surface area contributed by atoms with Gasteiger partial charge in [0.05, 0.1) is 16.8 Å². The van der Waals surface area contributed by atoms with E-state index in [9.17, 15) is 9.59 Å². The van der Waals surface area contributed by atoms with Crippen molar-refractivity contribution in [1.82, 2.24) is 4.98 Å². The zero-order chi connectivity index (χ0) is 22.8. The number of para-hydroxylation sites is 1. The van der Waals surface area contributed by atoms with Crippen LogP contribution < -0.4 is 0 Å². The molecule has 0 spiro atoms. The smallest absolute Gasteiger partial charge is 0.339 e. The molecule has 0 aliphatic carbocycles. The molecule has 0 aliphatic heterocycles. The molecule has 1 heterocycles. The van der Waals surface area contributed by atoms with Crippen molar-refractivity contribution in [3.63, 3.8) is 0 Å². The number of ether oxygens (including phenoxy) is 1. The summed E-state index contributed by atoms with van der Waals surface area (Å²) >= 11 is 0. The highest BCUT2D eigenvalue weighted by molar-refractivity contribution is 6.08. The number of esters is 1. The topological polar surface area (TPSA) is 56.3 Å². The average molecular weight is 431 g/mol. The first-order chi connectivity index (χ1) is 16.1. The average Bonchev–Trinajstić information content (AvgIpc) is 2.87. The minimum absolute atomic E-state index is 0.242. The molecule has 160 valence electrons. The van der Waals surface area contributed by atoms with E-state index in [1.807, 2.05) is 97.9 Å². The quantitative estimate of drug-likeness (QED) is 0.239. The molecule has 4 aromatic carbocycles. The minimum Gasteiger partial charge on any atom is -0.454 e. The van der Waals surface area contributed by atoms with E-state index < -0.39 is 5.97 Å². The summed E-state index contributed by atoms with van der Waals surface area (Å²) in [5, 5.41) is 2.73. The third-order valence-electron chi connectivity index (χ3n) is 5.79. The van der Waals surface area contributed by atoms with Crippen LogP contribution in [0, 0.1) is 6.92 Å². The zero-order valence-electron chi connectivity index (χ0n) is 18.1. The predicted molar refractivity (Wildman–Crippen MR) is 130 cm³/mol. The fourth-order valence-electron chi connectivity index (χ4n) is 4.10. The molecule has 0 atom stereocenters. The first-order valence-corrected chi connectivity index (χ1v) is 10.8. The lowest BCUT2D eigenvalue weighted by Gasteiger charge is -2.14. The zero-order valence-corrected chi connectivity index (χ0v) is 18.1. The van der Waals surface area contributed by atoms with E-state index in [2.05, 4.69) is 0 Å².